The molecule has 0 aliphatic heterocycles. The van der Waals surface area contributed by atoms with E-state index in [4.69, 9.17) is 16.3 Å². The fourth-order valence-electron chi connectivity index (χ4n) is 1.18. The van der Waals surface area contributed by atoms with Gasteiger partial charge in [-0.15, -0.1) is 0 Å². The number of carbonyl (C=O) groups excluding carboxylic acids is 1. The lowest BCUT2D eigenvalue weighted by Gasteiger charge is -2.10. The van der Waals surface area contributed by atoms with Gasteiger partial charge in [-0.25, -0.2) is 13.8 Å². The van der Waals surface area contributed by atoms with Gasteiger partial charge in [-0.05, 0) is 29.5 Å². The number of alkyl halides is 2. The molecule has 0 aromatic carbocycles. The van der Waals surface area contributed by atoms with Gasteiger partial charge in [0.2, 0.25) is 0 Å². The summed E-state index contributed by atoms with van der Waals surface area (Å²) in [4.78, 5) is 15.1. The highest BCUT2D eigenvalue weighted by atomic mass is 127. The normalized spacial score (nSPS) is 10.7. The molecule has 1 rings (SSSR count). The van der Waals surface area contributed by atoms with Crippen LogP contribution in [0.5, 0.6) is 0 Å². The summed E-state index contributed by atoms with van der Waals surface area (Å²) in [6.07, 6.45) is -1.85. The van der Waals surface area contributed by atoms with E-state index in [2.05, 4.69) is 4.98 Å². The Labute approximate surface area is 116 Å². The zero-order valence-corrected chi connectivity index (χ0v) is 11.8. The molecule has 0 atom stereocenters. The van der Waals surface area contributed by atoms with E-state index in [0.717, 1.165) is 6.20 Å². The number of pyridine rings is 1. The first kappa shape index (κ1) is 14.6. The van der Waals surface area contributed by atoms with Crippen LogP contribution >= 0.6 is 34.2 Å². The maximum atomic E-state index is 12.6. The maximum absolute atomic E-state index is 12.6. The fourth-order valence-corrected chi connectivity index (χ4v) is 2.23. The van der Waals surface area contributed by atoms with Crippen molar-refractivity contribution in [1.29, 1.82) is 0 Å². The van der Waals surface area contributed by atoms with Crippen LogP contribution in [0.15, 0.2) is 6.20 Å². The summed E-state index contributed by atoms with van der Waals surface area (Å²) >= 11 is 7.66. The first-order valence-corrected chi connectivity index (χ1v) is 6.19. The second-order valence-electron chi connectivity index (χ2n) is 3.08. The summed E-state index contributed by atoms with van der Waals surface area (Å²) in [5.74, 6) is -0.513. The van der Waals surface area contributed by atoms with E-state index in [-0.39, 0.29) is 29.2 Å². The van der Waals surface area contributed by atoms with Crippen molar-refractivity contribution in [3.8, 4) is 0 Å². The van der Waals surface area contributed by atoms with E-state index in [1.807, 2.05) is 22.6 Å². The molecule has 1 aromatic rings. The average Bonchev–Trinajstić information content (AvgIpc) is 2.24. The summed E-state index contributed by atoms with van der Waals surface area (Å²) in [5.41, 5.74) is -0.0881. The van der Waals surface area contributed by atoms with Crippen molar-refractivity contribution in [1.82, 2.24) is 4.98 Å². The smallest absolute Gasteiger partial charge is 0.310 e. The Kier molecular flexibility index (Phi) is 5.51. The van der Waals surface area contributed by atoms with Gasteiger partial charge in [-0.1, -0.05) is 11.6 Å². The van der Waals surface area contributed by atoms with Crippen LogP contribution in [0.25, 0.3) is 0 Å². The predicted octanol–water partition coefficient (Wildman–Crippen LogP) is 3.38. The molecule has 0 spiro atoms. The molecule has 0 bridgehead atoms. The highest BCUT2D eigenvalue weighted by Crippen LogP contribution is 2.31. The Morgan fingerprint density at radius 1 is 1.65 bits per heavy atom. The van der Waals surface area contributed by atoms with Gasteiger partial charge in [0.05, 0.1) is 23.6 Å². The molecule has 0 fully saturated rings. The van der Waals surface area contributed by atoms with Crippen molar-refractivity contribution < 1.29 is 18.3 Å². The highest BCUT2D eigenvalue weighted by Gasteiger charge is 2.20. The third-order valence-electron chi connectivity index (χ3n) is 1.95. The van der Waals surface area contributed by atoms with Gasteiger partial charge in [0.25, 0.3) is 6.43 Å². The number of carbonyl (C=O) groups is 1. The van der Waals surface area contributed by atoms with Crippen LogP contribution in [-0.2, 0) is 16.0 Å². The number of halogens is 4. The molecule has 7 heteroatoms. The summed E-state index contributed by atoms with van der Waals surface area (Å²) in [7, 11) is 0. The zero-order valence-electron chi connectivity index (χ0n) is 8.84. The Bertz CT molecular complexity index is 429. The van der Waals surface area contributed by atoms with Crippen molar-refractivity contribution in [3.63, 3.8) is 0 Å². The molecule has 0 aliphatic rings. The minimum atomic E-state index is -2.71. The molecule has 3 nitrogen and oxygen atoms in total. The van der Waals surface area contributed by atoms with Crippen LogP contribution in [0.1, 0.15) is 24.5 Å². The van der Waals surface area contributed by atoms with Crippen LogP contribution in [0.4, 0.5) is 8.78 Å². The lowest BCUT2D eigenvalue weighted by Crippen LogP contribution is -2.10. The van der Waals surface area contributed by atoms with Crippen molar-refractivity contribution in [2.45, 2.75) is 19.8 Å². The van der Waals surface area contributed by atoms with Gasteiger partial charge in [0, 0.05) is 11.8 Å². The number of rotatable bonds is 4. The molecule has 1 heterocycles. The van der Waals surface area contributed by atoms with E-state index in [1.165, 1.54) is 0 Å². The van der Waals surface area contributed by atoms with Gasteiger partial charge in [-0.2, -0.15) is 0 Å². The number of hydrogen-bond donors (Lipinski definition) is 0. The minimum Gasteiger partial charge on any atom is -0.466 e. The van der Waals surface area contributed by atoms with Crippen LogP contribution < -0.4 is 0 Å². The molecule has 0 N–H and O–H groups in total. The molecule has 1 aromatic heterocycles. The average molecular weight is 376 g/mol. The van der Waals surface area contributed by atoms with E-state index in [9.17, 15) is 13.6 Å². The molecular weight excluding hydrogens is 366 g/mol. The molecule has 0 aliphatic carbocycles. The molecule has 0 saturated carbocycles. The van der Waals surface area contributed by atoms with E-state index < -0.39 is 12.4 Å². The van der Waals surface area contributed by atoms with Crippen LogP contribution in [0, 0.1) is 3.70 Å². The van der Waals surface area contributed by atoms with Crippen LogP contribution in [-0.4, -0.2) is 17.6 Å². The van der Waals surface area contributed by atoms with E-state index >= 15 is 0 Å². The molecule has 17 heavy (non-hydrogen) atoms. The first-order chi connectivity index (χ1) is 7.97. The topological polar surface area (TPSA) is 39.2 Å². The lowest BCUT2D eigenvalue weighted by molar-refractivity contribution is -0.142. The highest BCUT2D eigenvalue weighted by molar-refractivity contribution is 14.1. The molecule has 0 saturated heterocycles. The van der Waals surface area contributed by atoms with Crippen molar-refractivity contribution >= 4 is 40.2 Å². The number of aromatic nitrogens is 1. The SMILES string of the molecule is CCOC(=O)Cc1c(I)ncc(C(F)F)c1Cl. The summed E-state index contributed by atoms with van der Waals surface area (Å²) in [6.45, 7) is 1.90. The predicted molar refractivity (Wildman–Crippen MR) is 67.3 cm³/mol. The van der Waals surface area contributed by atoms with Crippen molar-refractivity contribution in [2.75, 3.05) is 6.61 Å². The number of hydrogen-bond acceptors (Lipinski definition) is 3. The van der Waals surface area contributed by atoms with Crippen molar-refractivity contribution in [2.24, 2.45) is 0 Å². The van der Waals surface area contributed by atoms with Crippen LogP contribution in [0.3, 0.4) is 0 Å². The monoisotopic (exact) mass is 375 g/mol. The van der Waals surface area contributed by atoms with Gasteiger partial charge in [0.1, 0.15) is 3.70 Å². The molecular formula is C10H9ClF2INO2. The minimum absolute atomic E-state index is 0.118. The van der Waals surface area contributed by atoms with Gasteiger partial charge >= 0.3 is 5.97 Å². The largest absolute Gasteiger partial charge is 0.466 e. The third kappa shape index (κ3) is 3.74. The maximum Gasteiger partial charge on any atom is 0.310 e. The molecule has 0 amide bonds. The molecule has 0 unspecified atom stereocenters. The summed E-state index contributed by atoms with van der Waals surface area (Å²) < 4.78 is 30.3. The van der Waals surface area contributed by atoms with Crippen molar-refractivity contribution in [3.05, 3.63) is 26.0 Å². The standard InChI is InChI=1S/C10H9ClF2INO2/c1-2-17-7(16)3-5-8(11)6(9(12)13)4-15-10(5)14/h4,9H,2-3H2,1H3. The second kappa shape index (κ2) is 6.44. The Hall–Kier alpha value is -0.500. The Balaban J connectivity index is 3.05. The first-order valence-electron chi connectivity index (χ1n) is 4.73. The summed E-state index contributed by atoms with van der Waals surface area (Å²) in [6, 6.07) is 0. The third-order valence-corrected chi connectivity index (χ3v) is 3.32. The molecule has 0 radical (unpaired) electrons. The van der Waals surface area contributed by atoms with Gasteiger partial charge in [0.15, 0.2) is 0 Å². The Morgan fingerprint density at radius 3 is 2.82 bits per heavy atom. The van der Waals surface area contributed by atoms with Crippen LogP contribution in [0.2, 0.25) is 5.02 Å². The zero-order chi connectivity index (χ0) is 13.0. The second-order valence-corrected chi connectivity index (χ2v) is 4.48. The van der Waals surface area contributed by atoms with E-state index in [1.54, 1.807) is 6.92 Å². The lowest BCUT2D eigenvalue weighted by atomic mass is 10.1. The number of esters is 1. The number of ether oxygens (including phenoxy) is 1. The summed E-state index contributed by atoms with van der Waals surface area (Å²) in [5, 5.41) is -0.118. The van der Waals surface area contributed by atoms with Gasteiger partial charge in [-0.3, -0.25) is 4.79 Å². The quantitative estimate of drug-likeness (QED) is 0.460. The molecule has 94 valence electrons. The Morgan fingerprint density at radius 2 is 2.29 bits per heavy atom. The van der Waals surface area contributed by atoms with E-state index in [0.29, 0.717) is 3.70 Å². The number of nitrogens with zero attached hydrogens (tertiary/aromatic N) is 1. The van der Waals surface area contributed by atoms with Gasteiger partial charge < -0.3 is 4.74 Å². The fraction of sp³-hybridized carbons (Fsp3) is 0.400.